The lowest BCUT2D eigenvalue weighted by atomic mass is 10.3. The van der Waals surface area contributed by atoms with Crippen molar-refractivity contribution in [2.24, 2.45) is 5.73 Å². The summed E-state index contributed by atoms with van der Waals surface area (Å²) in [6.07, 6.45) is 0. The quantitative estimate of drug-likeness (QED) is 0.658. The molecule has 1 rings (SSSR count). The van der Waals surface area contributed by atoms with Gasteiger partial charge in [-0.05, 0) is 24.3 Å². The number of hydrogen-bond donors (Lipinski definition) is 3. The molecule has 0 fully saturated rings. The topological polar surface area (TPSA) is 101 Å². The fourth-order valence-electron chi connectivity index (χ4n) is 1.34. The van der Waals surface area contributed by atoms with Crippen LogP contribution in [-0.4, -0.2) is 33.3 Å². The molecule has 0 saturated carbocycles. The van der Waals surface area contributed by atoms with E-state index >= 15 is 0 Å². The zero-order valence-corrected chi connectivity index (χ0v) is 11.0. The highest BCUT2D eigenvalue weighted by Crippen LogP contribution is 2.14. The van der Waals surface area contributed by atoms with Crippen molar-refractivity contribution < 1.29 is 13.2 Å². The molecule has 100 valence electrons. The van der Waals surface area contributed by atoms with Gasteiger partial charge in [0.2, 0.25) is 0 Å². The summed E-state index contributed by atoms with van der Waals surface area (Å²) in [6, 6.07) is 5.92. The molecule has 1 aromatic carbocycles. The molecule has 0 heterocycles. The molecule has 0 aliphatic heterocycles. The maximum atomic E-state index is 11.6. The zero-order valence-electron chi connectivity index (χ0n) is 10.1. The lowest BCUT2D eigenvalue weighted by Crippen LogP contribution is -2.33. The third-order valence-electron chi connectivity index (χ3n) is 2.35. The highest BCUT2D eigenvalue weighted by Gasteiger charge is 2.10. The first kappa shape index (κ1) is 14.3. The minimum Gasteiger partial charge on any atom is -0.383 e. The van der Waals surface area contributed by atoms with Gasteiger partial charge in [-0.1, -0.05) is 6.92 Å². The number of nitrogens with one attached hydrogen (secondary N) is 2. The SMILES string of the molecule is CCS(=O)(=O)c1ccc(NCCNC(N)=O)cc1. The van der Waals surface area contributed by atoms with Crippen LogP contribution in [0.5, 0.6) is 0 Å². The van der Waals surface area contributed by atoms with Crippen LogP contribution in [0.3, 0.4) is 0 Å². The monoisotopic (exact) mass is 271 g/mol. The van der Waals surface area contributed by atoms with E-state index in [-0.39, 0.29) is 5.75 Å². The molecule has 0 bridgehead atoms. The number of benzene rings is 1. The van der Waals surface area contributed by atoms with Gasteiger partial charge < -0.3 is 16.4 Å². The van der Waals surface area contributed by atoms with Crippen LogP contribution in [0.1, 0.15) is 6.92 Å². The second kappa shape index (κ2) is 6.25. The summed E-state index contributed by atoms with van der Waals surface area (Å²) in [6.45, 7) is 2.53. The first-order valence-corrected chi connectivity index (χ1v) is 7.21. The van der Waals surface area contributed by atoms with Gasteiger partial charge in [-0.3, -0.25) is 0 Å². The second-order valence-electron chi connectivity index (χ2n) is 3.65. The Morgan fingerprint density at radius 3 is 2.33 bits per heavy atom. The van der Waals surface area contributed by atoms with Gasteiger partial charge >= 0.3 is 6.03 Å². The second-order valence-corrected chi connectivity index (χ2v) is 5.92. The molecule has 0 radical (unpaired) electrons. The van der Waals surface area contributed by atoms with Crippen molar-refractivity contribution in [3.63, 3.8) is 0 Å². The van der Waals surface area contributed by atoms with Crippen LogP contribution >= 0.6 is 0 Å². The van der Waals surface area contributed by atoms with Gasteiger partial charge in [-0.2, -0.15) is 0 Å². The minimum atomic E-state index is -3.15. The van der Waals surface area contributed by atoms with E-state index in [2.05, 4.69) is 10.6 Å². The smallest absolute Gasteiger partial charge is 0.312 e. The predicted molar refractivity (Wildman–Crippen MR) is 70.2 cm³/mol. The Kier molecular flexibility index (Phi) is 4.96. The molecule has 4 N–H and O–H groups in total. The van der Waals surface area contributed by atoms with Crippen molar-refractivity contribution in [2.75, 3.05) is 24.2 Å². The lowest BCUT2D eigenvalue weighted by Gasteiger charge is -2.07. The summed E-state index contributed by atoms with van der Waals surface area (Å²) in [5.74, 6) is 0.0856. The molecule has 6 nitrogen and oxygen atoms in total. The van der Waals surface area contributed by atoms with Gasteiger partial charge in [0.25, 0.3) is 0 Å². The molecule has 18 heavy (non-hydrogen) atoms. The van der Waals surface area contributed by atoms with E-state index in [0.29, 0.717) is 18.0 Å². The van der Waals surface area contributed by atoms with Gasteiger partial charge in [0, 0.05) is 18.8 Å². The van der Waals surface area contributed by atoms with Gasteiger partial charge in [0.15, 0.2) is 9.84 Å². The largest absolute Gasteiger partial charge is 0.383 e. The van der Waals surface area contributed by atoms with Crippen LogP contribution in [0.15, 0.2) is 29.2 Å². The number of hydrogen-bond acceptors (Lipinski definition) is 4. The van der Waals surface area contributed by atoms with E-state index in [9.17, 15) is 13.2 Å². The minimum absolute atomic E-state index is 0.0856. The number of carbonyl (C=O) groups is 1. The van der Waals surface area contributed by atoms with E-state index in [4.69, 9.17) is 5.73 Å². The maximum Gasteiger partial charge on any atom is 0.312 e. The summed E-state index contributed by atoms with van der Waals surface area (Å²) >= 11 is 0. The number of carbonyl (C=O) groups excluding carboxylic acids is 1. The van der Waals surface area contributed by atoms with Gasteiger partial charge in [-0.25, -0.2) is 13.2 Å². The number of anilines is 1. The highest BCUT2D eigenvalue weighted by atomic mass is 32.2. The van der Waals surface area contributed by atoms with Gasteiger partial charge in [-0.15, -0.1) is 0 Å². The van der Waals surface area contributed by atoms with E-state index in [1.807, 2.05) is 0 Å². The van der Waals surface area contributed by atoms with Crippen molar-refractivity contribution in [1.29, 1.82) is 0 Å². The molecule has 2 amide bonds. The summed E-state index contributed by atoms with van der Waals surface area (Å²) in [4.78, 5) is 10.7. The van der Waals surface area contributed by atoms with Crippen molar-refractivity contribution in [1.82, 2.24) is 5.32 Å². The highest BCUT2D eigenvalue weighted by molar-refractivity contribution is 7.91. The first-order valence-electron chi connectivity index (χ1n) is 5.55. The summed E-state index contributed by atoms with van der Waals surface area (Å²) in [5.41, 5.74) is 5.70. The molecule has 0 atom stereocenters. The average Bonchev–Trinajstić information content (AvgIpc) is 2.35. The van der Waals surface area contributed by atoms with Crippen molar-refractivity contribution in [2.45, 2.75) is 11.8 Å². The van der Waals surface area contributed by atoms with Crippen molar-refractivity contribution in [3.05, 3.63) is 24.3 Å². The van der Waals surface area contributed by atoms with Crippen LogP contribution in [0.4, 0.5) is 10.5 Å². The molecular formula is C11H17N3O3S. The third kappa shape index (κ3) is 4.25. The number of nitrogens with two attached hydrogens (primary N) is 1. The van der Waals surface area contributed by atoms with Crippen molar-refractivity contribution >= 4 is 21.6 Å². The predicted octanol–water partition coefficient (Wildman–Crippen LogP) is 0.560. The van der Waals surface area contributed by atoms with Crippen LogP contribution < -0.4 is 16.4 Å². The zero-order chi connectivity index (χ0) is 13.6. The Hall–Kier alpha value is -1.76. The fraction of sp³-hybridized carbons (Fsp3) is 0.364. The fourth-order valence-corrected chi connectivity index (χ4v) is 2.22. The summed E-state index contributed by atoms with van der Waals surface area (Å²) < 4.78 is 23.1. The molecule has 0 aromatic heterocycles. The maximum absolute atomic E-state index is 11.6. The Bertz CT molecular complexity index is 497. The van der Waals surface area contributed by atoms with Gasteiger partial charge in [0.1, 0.15) is 0 Å². The molecule has 7 heteroatoms. The van der Waals surface area contributed by atoms with E-state index in [1.165, 1.54) is 0 Å². The number of rotatable bonds is 6. The van der Waals surface area contributed by atoms with Crippen molar-refractivity contribution in [3.8, 4) is 0 Å². The Balaban J connectivity index is 2.53. The number of amides is 2. The number of primary amides is 1. The average molecular weight is 271 g/mol. The number of urea groups is 1. The Morgan fingerprint density at radius 1 is 1.22 bits per heavy atom. The molecular weight excluding hydrogens is 254 g/mol. The van der Waals surface area contributed by atoms with Crippen LogP contribution in [0, 0.1) is 0 Å². The molecule has 0 aliphatic rings. The first-order chi connectivity index (χ1) is 8.45. The molecule has 0 unspecified atom stereocenters. The molecule has 0 saturated heterocycles. The summed E-state index contributed by atoms with van der Waals surface area (Å²) in [7, 11) is -3.15. The van der Waals surface area contributed by atoms with Gasteiger partial charge in [0.05, 0.1) is 10.6 Å². The van der Waals surface area contributed by atoms with Crippen LogP contribution in [-0.2, 0) is 9.84 Å². The van der Waals surface area contributed by atoms with E-state index < -0.39 is 15.9 Å². The number of sulfone groups is 1. The third-order valence-corrected chi connectivity index (χ3v) is 4.10. The van der Waals surface area contributed by atoms with E-state index in [1.54, 1.807) is 31.2 Å². The molecule has 0 spiro atoms. The standard InChI is InChI=1S/C11H17N3O3S/c1-2-18(16,17)10-5-3-9(4-6-10)13-7-8-14-11(12)15/h3-6,13H,2,7-8H2,1H3,(H3,12,14,15). The normalized spacial score (nSPS) is 10.9. The lowest BCUT2D eigenvalue weighted by molar-refractivity contribution is 0.249. The molecule has 0 aliphatic carbocycles. The Morgan fingerprint density at radius 2 is 1.83 bits per heavy atom. The summed E-state index contributed by atoms with van der Waals surface area (Å²) in [5, 5.41) is 5.47. The van der Waals surface area contributed by atoms with Crippen LogP contribution in [0.2, 0.25) is 0 Å². The molecule has 1 aromatic rings. The Labute approximate surface area is 106 Å². The van der Waals surface area contributed by atoms with Crippen LogP contribution in [0.25, 0.3) is 0 Å². The van der Waals surface area contributed by atoms with E-state index in [0.717, 1.165) is 5.69 Å².